The number of ether oxygens (including phenoxy) is 1. The van der Waals surface area contributed by atoms with Gasteiger partial charge in [0.25, 0.3) is 5.91 Å². The number of likely N-dealkylation sites (tertiary alicyclic amines) is 1. The molecule has 134 valence electrons. The van der Waals surface area contributed by atoms with Crippen LogP contribution >= 0.6 is 11.6 Å². The van der Waals surface area contributed by atoms with E-state index in [9.17, 15) is 4.79 Å². The van der Waals surface area contributed by atoms with Crippen LogP contribution in [0, 0.1) is 6.92 Å². The predicted octanol–water partition coefficient (Wildman–Crippen LogP) is 3.63. The molecule has 4 rings (SSSR count). The predicted molar refractivity (Wildman–Crippen MR) is 100 cm³/mol. The van der Waals surface area contributed by atoms with Crippen LogP contribution in [0.1, 0.15) is 29.0 Å². The molecule has 1 amide bonds. The maximum Gasteiger partial charge on any atom is 0.257 e. The fourth-order valence-electron chi connectivity index (χ4n) is 3.45. The van der Waals surface area contributed by atoms with Gasteiger partial charge in [0, 0.05) is 25.4 Å². The minimum Gasteiger partial charge on any atom is -0.496 e. The summed E-state index contributed by atoms with van der Waals surface area (Å²) in [6, 6.07) is 7.22. The smallest absolute Gasteiger partial charge is 0.257 e. The van der Waals surface area contributed by atoms with Crippen molar-refractivity contribution in [3.8, 4) is 11.4 Å². The first-order valence-corrected chi connectivity index (χ1v) is 8.95. The van der Waals surface area contributed by atoms with Crippen LogP contribution in [0.25, 0.3) is 16.9 Å². The lowest BCUT2D eigenvalue weighted by molar-refractivity contribution is 0.0789. The molecule has 2 aromatic heterocycles. The van der Waals surface area contributed by atoms with Gasteiger partial charge in [-0.1, -0.05) is 11.6 Å². The molecule has 7 heteroatoms. The number of nitrogens with zero attached hydrogens (tertiary/aromatic N) is 4. The molecule has 1 aliphatic heterocycles. The molecule has 1 fully saturated rings. The zero-order chi connectivity index (χ0) is 18.3. The molecular weight excluding hydrogens is 352 g/mol. The Labute approximate surface area is 156 Å². The van der Waals surface area contributed by atoms with E-state index in [1.165, 1.54) is 0 Å². The van der Waals surface area contributed by atoms with Gasteiger partial charge < -0.3 is 9.64 Å². The van der Waals surface area contributed by atoms with Crippen molar-refractivity contribution in [3.05, 3.63) is 46.9 Å². The number of amides is 1. The van der Waals surface area contributed by atoms with Crippen molar-refractivity contribution in [2.75, 3.05) is 20.2 Å². The van der Waals surface area contributed by atoms with Crippen molar-refractivity contribution in [3.63, 3.8) is 0 Å². The molecule has 0 bridgehead atoms. The second-order valence-electron chi connectivity index (χ2n) is 6.34. The van der Waals surface area contributed by atoms with E-state index < -0.39 is 0 Å². The highest BCUT2D eigenvalue weighted by atomic mass is 35.5. The first-order chi connectivity index (χ1) is 12.6. The number of fused-ring (bicyclic) bond motifs is 1. The summed E-state index contributed by atoms with van der Waals surface area (Å²) in [7, 11) is 1.56. The van der Waals surface area contributed by atoms with Gasteiger partial charge >= 0.3 is 0 Å². The SMILES string of the molecule is COc1cc(-n2c(C)nc3cccnc32)c(Cl)cc1C(=O)N1CCCC1. The number of aryl methyl sites for hydroxylation is 1. The van der Waals surface area contributed by atoms with Crippen molar-refractivity contribution in [1.82, 2.24) is 19.4 Å². The fourth-order valence-corrected chi connectivity index (χ4v) is 3.70. The molecule has 0 radical (unpaired) electrons. The Hall–Kier alpha value is -2.60. The molecule has 1 aromatic carbocycles. The number of aromatic nitrogens is 3. The maximum absolute atomic E-state index is 12.8. The number of carbonyl (C=O) groups excluding carboxylic acids is 1. The van der Waals surface area contributed by atoms with Gasteiger partial charge in [-0.2, -0.15) is 0 Å². The Bertz CT molecular complexity index is 993. The number of rotatable bonds is 3. The van der Waals surface area contributed by atoms with E-state index in [2.05, 4.69) is 9.97 Å². The van der Waals surface area contributed by atoms with E-state index >= 15 is 0 Å². The summed E-state index contributed by atoms with van der Waals surface area (Å²) in [6.45, 7) is 3.45. The van der Waals surface area contributed by atoms with Crippen LogP contribution in [-0.4, -0.2) is 45.5 Å². The summed E-state index contributed by atoms with van der Waals surface area (Å²) in [5.74, 6) is 1.22. The molecule has 0 atom stereocenters. The maximum atomic E-state index is 12.8. The lowest BCUT2D eigenvalue weighted by atomic mass is 10.1. The van der Waals surface area contributed by atoms with E-state index in [0.29, 0.717) is 27.7 Å². The van der Waals surface area contributed by atoms with Crippen molar-refractivity contribution < 1.29 is 9.53 Å². The minimum absolute atomic E-state index is 0.0434. The summed E-state index contributed by atoms with van der Waals surface area (Å²) in [6.07, 6.45) is 3.79. The van der Waals surface area contributed by atoms with Crippen LogP contribution in [0.4, 0.5) is 0 Å². The van der Waals surface area contributed by atoms with Gasteiger partial charge in [0.2, 0.25) is 0 Å². The van der Waals surface area contributed by atoms with Gasteiger partial charge in [0.05, 0.1) is 23.4 Å². The van der Waals surface area contributed by atoms with E-state index in [1.807, 2.05) is 28.5 Å². The van der Waals surface area contributed by atoms with Crippen LogP contribution in [-0.2, 0) is 0 Å². The molecule has 0 aliphatic carbocycles. The topological polar surface area (TPSA) is 60.2 Å². The average Bonchev–Trinajstić information content (AvgIpc) is 3.28. The summed E-state index contributed by atoms with van der Waals surface area (Å²) >= 11 is 6.57. The fraction of sp³-hybridized carbons (Fsp3) is 0.316. The molecule has 3 aromatic rings. The molecule has 0 unspecified atom stereocenters. The van der Waals surface area contributed by atoms with Gasteiger partial charge in [-0.25, -0.2) is 9.97 Å². The number of hydrogen-bond acceptors (Lipinski definition) is 4. The summed E-state index contributed by atoms with van der Waals surface area (Å²) in [4.78, 5) is 23.6. The Morgan fingerprint density at radius 3 is 2.77 bits per heavy atom. The number of methoxy groups -OCH3 is 1. The highest BCUT2D eigenvalue weighted by molar-refractivity contribution is 6.33. The van der Waals surface area contributed by atoms with Gasteiger partial charge in [0.15, 0.2) is 5.65 Å². The van der Waals surface area contributed by atoms with Gasteiger partial charge in [-0.3, -0.25) is 9.36 Å². The number of imidazole rings is 1. The van der Waals surface area contributed by atoms with Crippen LogP contribution in [0.2, 0.25) is 5.02 Å². The van der Waals surface area contributed by atoms with Crippen molar-refractivity contribution in [2.24, 2.45) is 0 Å². The molecular formula is C19H19ClN4O2. The van der Waals surface area contributed by atoms with Gasteiger partial charge in [0.1, 0.15) is 17.1 Å². The number of hydrogen-bond donors (Lipinski definition) is 0. The largest absolute Gasteiger partial charge is 0.496 e. The molecule has 6 nitrogen and oxygen atoms in total. The van der Waals surface area contributed by atoms with Crippen molar-refractivity contribution >= 4 is 28.7 Å². The summed E-state index contributed by atoms with van der Waals surface area (Å²) < 4.78 is 7.39. The highest BCUT2D eigenvalue weighted by Crippen LogP contribution is 2.33. The van der Waals surface area contributed by atoms with Gasteiger partial charge in [-0.15, -0.1) is 0 Å². The third kappa shape index (κ3) is 2.70. The third-order valence-electron chi connectivity index (χ3n) is 4.72. The third-order valence-corrected chi connectivity index (χ3v) is 5.02. The van der Waals surface area contributed by atoms with Crippen LogP contribution in [0.5, 0.6) is 5.75 Å². The Kier molecular flexibility index (Phi) is 4.28. The monoisotopic (exact) mass is 370 g/mol. The number of benzene rings is 1. The standard InChI is InChI=1S/C19H19ClN4O2/c1-12-22-15-6-5-7-21-18(15)24(12)16-11-17(26-2)13(10-14(16)20)19(25)23-8-3-4-9-23/h5-7,10-11H,3-4,8-9H2,1-2H3. The lowest BCUT2D eigenvalue weighted by Gasteiger charge is -2.19. The number of halogens is 1. The second kappa shape index (κ2) is 6.61. The molecule has 0 N–H and O–H groups in total. The molecule has 1 aliphatic rings. The summed E-state index contributed by atoms with van der Waals surface area (Å²) in [5, 5.41) is 0.460. The van der Waals surface area contributed by atoms with Crippen molar-refractivity contribution in [1.29, 1.82) is 0 Å². The van der Waals surface area contributed by atoms with E-state index in [1.54, 1.807) is 25.4 Å². The first-order valence-electron chi connectivity index (χ1n) is 8.57. The van der Waals surface area contributed by atoms with Crippen LogP contribution < -0.4 is 4.74 Å². The van der Waals surface area contributed by atoms with Crippen molar-refractivity contribution in [2.45, 2.75) is 19.8 Å². The minimum atomic E-state index is -0.0434. The molecule has 0 saturated carbocycles. The quantitative estimate of drug-likeness (QED) is 0.706. The zero-order valence-corrected chi connectivity index (χ0v) is 15.5. The molecule has 0 spiro atoms. The van der Waals surface area contributed by atoms with E-state index in [-0.39, 0.29) is 5.91 Å². The van der Waals surface area contributed by atoms with E-state index in [4.69, 9.17) is 16.3 Å². The first kappa shape index (κ1) is 16.8. The summed E-state index contributed by atoms with van der Waals surface area (Å²) in [5.41, 5.74) is 2.68. The van der Waals surface area contributed by atoms with Crippen LogP contribution in [0.3, 0.4) is 0 Å². The van der Waals surface area contributed by atoms with E-state index in [0.717, 1.165) is 37.3 Å². The Morgan fingerprint density at radius 1 is 1.27 bits per heavy atom. The van der Waals surface area contributed by atoms with Crippen LogP contribution in [0.15, 0.2) is 30.5 Å². The number of carbonyl (C=O) groups is 1. The highest BCUT2D eigenvalue weighted by Gasteiger charge is 2.25. The average molecular weight is 371 g/mol. The molecule has 26 heavy (non-hydrogen) atoms. The zero-order valence-electron chi connectivity index (χ0n) is 14.7. The van der Waals surface area contributed by atoms with Gasteiger partial charge in [-0.05, 0) is 38.0 Å². The Morgan fingerprint density at radius 2 is 2.04 bits per heavy atom. The number of pyridine rings is 1. The lowest BCUT2D eigenvalue weighted by Crippen LogP contribution is -2.28. The molecule has 3 heterocycles. The Balaban J connectivity index is 1.85. The normalized spacial score (nSPS) is 14.2. The second-order valence-corrected chi connectivity index (χ2v) is 6.75. The molecule has 1 saturated heterocycles.